The van der Waals surface area contributed by atoms with Gasteiger partial charge in [-0.25, -0.2) is 0 Å². The molecule has 1 heterocycles. The molecule has 0 bridgehead atoms. The Labute approximate surface area is 69.0 Å². The molecule has 1 saturated carbocycles. The van der Waals surface area contributed by atoms with Crippen LogP contribution in [0.15, 0.2) is 0 Å². The quantitative estimate of drug-likeness (QED) is 0.635. The molecule has 0 aromatic heterocycles. The van der Waals surface area contributed by atoms with E-state index in [1.807, 2.05) is 7.05 Å². The molecule has 0 amide bonds. The Kier molecular flexibility index (Phi) is 2.14. The van der Waals surface area contributed by atoms with Crippen LogP contribution < -0.4 is 5.32 Å². The minimum absolute atomic E-state index is 1.04. The van der Waals surface area contributed by atoms with E-state index in [1.54, 1.807) is 0 Å². The molecule has 2 fully saturated rings. The summed E-state index contributed by atoms with van der Waals surface area (Å²) < 4.78 is 0. The van der Waals surface area contributed by atoms with E-state index in [1.165, 1.54) is 32.4 Å². The Morgan fingerprint density at radius 3 is 2.45 bits per heavy atom. The van der Waals surface area contributed by atoms with Crippen molar-refractivity contribution in [2.75, 3.05) is 26.8 Å². The van der Waals surface area contributed by atoms with E-state index in [0.29, 0.717) is 0 Å². The standard InChI is InChI=1S/C9H18N2/c1-10-7-11-5-8-3-2-4-9(8)6-11/h8-10H,2-7H2,1H3. The average Bonchev–Trinajstić information content (AvgIpc) is 2.46. The summed E-state index contributed by atoms with van der Waals surface area (Å²) in [5.41, 5.74) is 0. The van der Waals surface area contributed by atoms with Crippen LogP contribution in [0.5, 0.6) is 0 Å². The van der Waals surface area contributed by atoms with E-state index >= 15 is 0 Å². The summed E-state index contributed by atoms with van der Waals surface area (Å²) >= 11 is 0. The van der Waals surface area contributed by atoms with Gasteiger partial charge in [0.25, 0.3) is 0 Å². The van der Waals surface area contributed by atoms with Crippen molar-refractivity contribution >= 4 is 0 Å². The predicted molar refractivity (Wildman–Crippen MR) is 46.3 cm³/mol. The van der Waals surface area contributed by atoms with Crippen molar-refractivity contribution in [2.45, 2.75) is 19.3 Å². The smallest absolute Gasteiger partial charge is 0.0478 e. The summed E-state index contributed by atoms with van der Waals surface area (Å²) in [4.78, 5) is 2.55. The van der Waals surface area contributed by atoms with E-state index in [9.17, 15) is 0 Å². The highest BCUT2D eigenvalue weighted by Gasteiger charge is 2.35. The number of nitrogens with zero attached hydrogens (tertiary/aromatic N) is 1. The molecule has 2 aliphatic rings. The second-order valence-electron chi connectivity index (χ2n) is 4.00. The van der Waals surface area contributed by atoms with Gasteiger partial charge in [0.15, 0.2) is 0 Å². The van der Waals surface area contributed by atoms with Crippen molar-refractivity contribution in [2.24, 2.45) is 11.8 Å². The monoisotopic (exact) mass is 154 g/mol. The van der Waals surface area contributed by atoms with Crippen LogP contribution in [0.3, 0.4) is 0 Å². The average molecular weight is 154 g/mol. The van der Waals surface area contributed by atoms with Gasteiger partial charge in [0.05, 0.1) is 0 Å². The lowest BCUT2D eigenvalue weighted by molar-refractivity contribution is 0.296. The fourth-order valence-electron chi connectivity index (χ4n) is 2.68. The Morgan fingerprint density at radius 1 is 1.27 bits per heavy atom. The summed E-state index contributed by atoms with van der Waals surface area (Å²) in [7, 11) is 2.04. The third kappa shape index (κ3) is 1.42. The molecule has 2 rings (SSSR count). The highest BCUT2D eigenvalue weighted by atomic mass is 15.2. The van der Waals surface area contributed by atoms with Crippen molar-refractivity contribution in [1.29, 1.82) is 0 Å². The second kappa shape index (κ2) is 3.11. The molecule has 1 N–H and O–H groups in total. The normalized spacial score (nSPS) is 37.9. The maximum atomic E-state index is 3.22. The third-order valence-electron chi connectivity index (χ3n) is 3.18. The van der Waals surface area contributed by atoms with Crippen molar-refractivity contribution in [3.05, 3.63) is 0 Å². The van der Waals surface area contributed by atoms with Gasteiger partial charge < -0.3 is 5.32 Å². The summed E-state index contributed by atoms with van der Waals surface area (Å²) in [5.74, 6) is 2.09. The van der Waals surface area contributed by atoms with Crippen LogP contribution in [0.2, 0.25) is 0 Å². The highest BCUT2D eigenvalue weighted by molar-refractivity contribution is 4.87. The fourth-order valence-corrected chi connectivity index (χ4v) is 2.68. The molecular formula is C9H18N2. The van der Waals surface area contributed by atoms with E-state index in [2.05, 4.69) is 10.2 Å². The molecule has 11 heavy (non-hydrogen) atoms. The van der Waals surface area contributed by atoms with Gasteiger partial charge in [-0.3, -0.25) is 4.90 Å². The molecule has 0 radical (unpaired) electrons. The number of nitrogens with one attached hydrogen (secondary N) is 1. The predicted octanol–water partition coefficient (Wildman–Crippen LogP) is 0.895. The molecule has 1 saturated heterocycles. The van der Waals surface area contributed by atoms with Crippen LogP contribution in [-0.4, -0.2) is 31.7 Å². The lowest BCUT2D eigenvalue weighted by atomic mass is 10.0. The van der Waals surface area contributed by atoms with Gasteiger partial charge >= 0.3 is 0 Å². The van der Waals surface area contributed by atoms with Crippen LogP contribution >= 0.6 is 0 Å². The van der Waals surface area contributed by atoms with Crippen molar-refractivity contribution < 1.29 is 0 Å². The van der Waals surface area contributed by atoms with E-state index < -0.39 is 0 Å². The molecular weight excluding hydrogens is 136 g/mol. The molecule has 1 aliphatic heterocycles. The molecule has 0 aromatic rings. The van der Waals surface area contributed by atoms with Crippen LogP contribution in [0.25, 0.3) is 0 Å². The lowest BCUT2D eigenvalue weighted by Gasteiger charge is -2.15. The largest absolute Gasteiger partial charge is 0.307 e. The first-order valence-electron chi connectivity index (χ1n) is 4.77. The minimum atomic E-state index is 1.04. The highest BCUT2D eigenvalue weighted by Crippen LogP contribution is 2.37. The molecule has 1 aliphatic carbocycles. The van der Waals surface area contributed by atoms with E-state index in [4.69, 9.17) is 0 Å². The zero-order valence-corrected chi connectivity index (χ0v) is 7.34. The SMILES string of the molecule is CNCN1CC2CCCC2C1. The van der Waals surface area contributed by atoms with E-state index in [-0.39, 0.29) is 0 Å². The summed E-state index contributed by atoms with van der Waals surface area (Å²) in [6.45, 7) is 3.80. The first kappa shape index (κ1) is 7.56. The summed E-state index contributed by atoms with van der Waals surface area (Å²) in [6, 6.07) is 0. The van der Waals surface area contributed by atoms with Crippen molar-refractivity contribution in [3.8, 4) is 0 Å². The van der Waals surface area contributed by atoms with Crippen LogP contribution in [0.1, 0.15) is 19.3 Å². The Hall–Kier alpha value is -0.0800. The van der Waals surface area contributed by atoms with Crippen molar-refractivity contribution in [1.82, 2.24) is 10.2 Å². The van der Waals surface area contributed by atoms with Crippen molar-refractivity contribution in [3.63, 3.8) is 0 Å². The van der Waals surface area contributed by atoms with Gasteiger partial charge in [0.1, 0.15) is 0 Å². The molecule has 0 aromatic carbocycles. The number of rotatable bonds is 2. The van der Waals surface area contributed by atoms with E-state index in [0.717, 1.165) is 18.5 Å². The number of hydrogen-bond acceptors (Lipinski definition) is 2. The fraction of sp³-hybridized carbons (Fsp3) is 1.00. The molecule has 0 spiro atoms. The number of likely N-dealkylation sites (tertiary alicyclic amines) is 1. The topological polar surface area (TPSA) is 15.3 Å². The third-order valence-corrected chi connectivity index (χ3v) is 3.18. The van der Waals surface area contributed by atoms with Gasteiger partial charge in [-0.1, -0.05) is 6.42 Å². The molecule has 2 nitrogen and oxygen atoms in total. The Bertz CT molecular complexity index is 124. The number of hydrogen-bond donors (Lipinski definition) is 1. The summed E-state index contributed by atoms with van der Waals surface area (Å²) in [6.07, 6.45) is 4.47. The maximum Gasteiger partial charge on any atom is 0.0478 e. The lowest BCUT2D eigenvalue weighted by Crippen LogP contribution is -2.30. The molecule has 64 valence electrons. The zero-order valence-electron chi connectivity index (χ0n) is 7.34. The molecule has 2 atom stereocenters. The maximum absolute atomic E-state index is 3.22. The van der Waals surface area contributed by atoms with Gasteiger partial charge in [-0.2, -0.15) is 0 Å². The van der Waals surface area contributed by atoms with Crippen LogP contribution in [0, 0.1) is 11.8 Å². The van der Waals surface area contributed by atoms with Gasteiger partial charge in [-0.15, -0.1) is 0 Å². The van der Waals surface area contributed by atoms with Gasteiger partial charge in [0.2, 0.25) is 0 Å². The van der Waals surface area contributed by atoms with Gasteiger partial charge in [0, 0.05) is 19.8 Å². The molecule has 2 heteroatoms. The number of fused-ring (bicyclic) bond motifs is 1. The summed E-state index contributed by atoms with van der Waals surface area (Å²) in [5, 5.41) is 3.22. The molecule has 2 unspecified atom stereocenters. The Balaban J connectivity index is 1.84. The first-order chi connectivity index (χ1) is 5.40. The minimum Gasteiger partial charge on any atom is -0.307 e. The van der Waals surface area contributed by atoms with Gasteiger partial charge in [-0.05, 0) is 31.7 Å². The first-order valence-corrected chi connectivity index (χ1v) is 4.77. The Morgan fingerprint density at radius 2 is 1.91 bits per heavy atom. The van der Waals surface area contributed by atoms with Crippen LogP contribution in [0.4, 0.5) is 0 Å². The van der Waals surface area contributed by atoms with Crippen LogP contribution in [-0.2, 0) is 0 Å². The zero-order chi connectivity index (χ0) is 7.68. The second-order valence-corrected chi connectivity index (χ2v) is 4.00.